The topological polar surface area (TPSA) is 66.4 Å². The van der Waals surface area contributed by atoms with Crippen LogP contribution in [0.3, 0.4) is 0 Å². The van der Waals surface area contributed by atoms with Crippen LogP contribution in [-0.2, 0) is 16.0 Å². The van der Waals surface area contributed by atoms with Crippen LogP contribution in [0.1, 0.15) is 36.0 Å². The van der Waals surface area contributed by atoms with Gasteiger partial charge in [0.1, 0.15) is 0 Å². The Morgan fingerprint density at radius 2 is 1.87 bits per heavy atom. The summed E-state index contributed by atoms with van der Waals surface area (Å²) in [6.45, 7) is 3.65. The molecule has 2 rings (SSSR count). The Morgan fingerprint density at radius 3 is 2.57 bits per heavy atom. The molecule has 1 unspecified atom stereocenters. The van der Waals surface area contributed by atoms with E-state index in [1.54, 1.807) is 31.2 Å². The van der Waals surface area contributed by atoms with E-state index in [0.717, 1.165) is 5.56 Å². The van der Waals surface area contributed by atoms with Gasteiger partial charge in [0.05, 0.1) is 5.92 Å². The minimum absolute atomic E-state index is 0.0772. The minimum Gasteiger partial charge on any atom is -0.481 e. The fourth-order valence-corrected chi connectivity index (χ4v) is 2.38. The van der Waals surface area contributed by atoms with E-state index in [1.165, 1.54) is 5.56 Å². The van der Waals surface area contributed by atoms with E-state index >= 15 is 0 Å². The second-order valence-corrected chi connectivity index (χ2v) is 5.72. The lowest BCUT2D eigenvalue weighted by atomic mass is 10.0. The van der Waals surface area contributed by atoms with Crippen LogP contribution in [-0.4, -0.2) is 17.0 Å². The smallest absolute Gasteiger partial charge is 0.310 e. The number of anilines is 1. The molecule has 0 aliphatic heterocycles. The lowest BCUT2D eigenvalue weighted by molar-refractivity contribution is -0.138. The van der Waals surface area contributed by atoms with Gasteiger partial charge in [0.2, 0.25) is 5.91 Å². The van der Waals surface area contributed by atoms with Crippen molar-refractivity contribution in [2.24, 2.45) is 0 Å². The third-order valence-corrected chi connectivity index (χ3v) is 3.76. The van der Waals surface area contributed by atoms with Gasteiger partial charge in [-0.05, 0) is 43.5 Å². The average molecular weight is 311 g/mol. The van der Waals surface area contributed by atoms with Crippen LogP contribution in [0, 0.1) is 6.92 Å². The Bertz CT molecular complexity index is 709. The van der Waals surface area contributed by atoms with Gasteiger partial charge in [-0.15, -0.1) is 0 Å². The molecule has 23 heavy (non-hydrogen) atoms. The number of carbonyl (C=O) groups is 2. The number of carboxylic acids is 1. The first-order valence-corrected chi connectivity index (χ1v) is 7.64. The van der Waals surface area contributed by atoms with Crippen molar-refractivity contribution in [1.82, 2.24) is 0 Å². The zero-order chi connectivity index (χ0) is 16.8. The third kappa shape index (κ3) is 4.95. The van der Waals surface area contributed by atoms with Crippen molar-refractivity contribution >= 4 is 17.6 Å². The molecule has 120 valence electrons. The van der Waals surface area contributed by atoms with Crippen molar-refractivity contribution in [3.63, 3.8) is 0 Å². The van der Waals surface area contributed by atoms with E-state index < -0.39 is 11.9 Å². The van der Waals surface area contributed by atoms with Gasteiger partial charge in [-0.2, -0.15) is 0 Å². The number of amides is 1. The van der Waals surface area contributed by atoms with Crippen LogP contribution < -0.4 is 5.32 Å². The van der Waals surface area contributed by atoms with Crippen LogP contribution >= 0.6 is 0 Å². The highest BCUT2D eigenvalue weighted by atomic mass is 16.4. The number of rotatable bonds is 6. The first-order valence-electron chi connectivity index (χ1n) is 7.64. The standard InChI is InChI=1S/C19H21NO3/c1-13-5-3-6-15(11-13)9-10-18(21)20-17-8-4-7-16(12-17)14(2)19(22)23/h3-8,11-12,14H,9-10H2,1-2H3,(H,20,21)(H,22,23). The fourth-order valence-electron chi connectivity index (χ4n) is 2.38. The summed E-state index contributed by atoms with van der Waals surface area (Å²) >= 11 is 0. The molecule has 1 atom stereocenters. The molecule has 2 N–H and O–H groups in total. The molecular weight excluding hydrogens is 290 g/mol. The fraction of sp³-hybridized carbons (Fsp3) is 0.263. The maximum absolute atomic E-state index is 12.1. The van der Waals surface area contributed by atoms with Crippen molar-refractivity contribution in [1.29, 1.82) is 0 Å². The molecule has 0 bridgehead atoms. The summed E-state index contributed by atoms with van der Waals surface area (Å²) in [5, 5.41) is 11.9. The zero-order valence-corrected chi connectivity index (χ0v) is 13.4. The van der Waals surface area contributed by atoms with Gasteiger partial charge in [-0.3, -0.25) is 9.59 Å². The van der Waals surface area contributed by atoms with Crippen LogP contribution in [0.5, 0.6) is 0 Å². The Labute approximate surface area is 136 Å². The first kappa shape index (κ1) is 16.7. The van der Waals surface area contributed by atoms with Crippen LogP contribution in [0.15, 0.2) is 48.5 Å². The second-order valence-electron chi connectivity index (χ2n) is 5.72. The second kappa shape index (κ2) is 7.58. The molecule has 0 saturated carbocycles. The van der Waals surface area contributed by atoms with Gasteiger partial charge < -0.3 is 10.4 Å². The normalized spacial score (nSPS) is 11.7. The van der Waals surface area contributed by atoms with Gasteiger partial charge in [0, 0.05) is 12.1 Å². The molecule has 0 aliphatic rings. The summed E-state index contributed by atoms with van der Waals surface area (Å²) in [6, 6.07) is 15.1. The number of aryl methyl sites for hydroxylation is 2. The van der Waals surface area contributed by atoms with Gasteiger partial charge in [-0.25, -0.2) is 0 Å². The highest BCUT2D eigenvalue weighted by molar-refractivity contribution is 5.91. The van der Waals surface area contributed by atoms with Gasteiger partial charge in [0.25, 0.3) is 0 Å². The van der Waals surface area contributed by atoms with E-state index in [4.69, 9.17) is 5.11 Å². The summed E-state index contributed by atoms with van der Waals surface area (Å²) in [6.07, 6.45) is 1.07. The summed E-state index contributed by atoms with van der Waals surface area (Å²) in [5.41, 5.74) is 3.62. The predicted octanol–water partition coefficient (Wildman–Crippen LogP) is 3.75. The average Bonchev–Trinajstić information content (AvgIpc) is 2.52. The molecule has 2 aromatic rings. The minimum atomic E-state index is -0.882. The van der Waals surface area contributed by atoms with Crippen LogP contribution in [0.25, 0.3) is 0 Å². The number of carboxylic acid groups (broad SMARTS) is 1. The highest BCUT2D eigenvalue weighted by Gasteiger charge is 2.14. The largest absolute Gasteiger partial charge is 0.481 e. The van der Waals surface area contributed by atoms with Gasteiger partial charge in [-0.1, -0.05) is 42.0 Å². The SMILES string of the molecule is Cc1cccc(CCC(=O)Nc2cccc(C(C)C(=O)O)c2)c1. The van der Waals surface area contributed by atoms with E-state index in [0.29, 0.717) is 24.1 Å². The lowest BCUT2D eigenvalue weighted by Gasteiger charge is -2.10. The first-order chi connectivity index (χ1) is 11.0. The molecule has 4 heteroatoms. The molecule has 0 saturated heterocycles. The van der Waals surface area contributed by atoms with E-state index in [1.807, 2.05) is 25.1 Å². The maximum Gasteiger partial charge on any atom is 0.310 e. The number of aliphatic carboxylic acids is 1. The molecule has 4 nitrogen and oxygen atoms in total. The number of carbonyl (C=O) groups excluding carboxylic acids is 1. The van der Waals surface area contributed by atoms with Crippen molar-refractivity contribution in [2.75, 3.05) is 5.32 Å². The Kier molecular flexibility index (Phi) is 5.52. The van der Waals surface area contributed by atoms with E-state index in [2.05, 4.69) is 11.4 Å². The van der Waals surface area contributed by atoms with E-state index in [9.17, 15) is 9.59 Å². The Balaban J connectivity index is 1.95. The highest BCUT2D eigenvalue weighted by Crippen LogP contribution is 2.19. The zero-order valence-electron chi connectivity index (χ0n) is 13.4. The quantitative estimate of drug-likeness (QED) is 0.853. The van der Waals surface area contributed by atoms with Gasteiger partial charge in [0.15, 0.2) is 0 Å². The van der Waals surface area contributed by atoms with Gasteiger partial charge >= 0.3 is 5.97 Å². The third-order valence-electron chi connectivity index (χ3n) is 3.76. The van der Waals surface area contributed by atoms with Crippen LogP contribution in [0.4, 0.5) is 5.69 Å². The van der Waals surface area contributed by atoms with Crippen LogP contribution in [0.2, 0.25) is 0 Å². The molecule has 0 fully saturated rings. The van der Waals surface area contributed by atoms with Crippen molar-refractivity contribution in [3.05, 3.63) is 65.2 Å². The molecular formula is C19H21NO3. The summed E-state index contributed by atoms with van der Waals surface area (Å²) in [4.78, 5) is 23.1. The molecule has 0 radical (unpaired) electrons. The number of benzene rings is 2. The molecule has 0 spiro atoms. The summed E-state index contributed by atoms with van der Waals surface area (Å²) in [7, 11) is 0. The maximum atomic E-state index is 12.1. The molecule has 0 aromatic heterocycles. The Hall–Kier alpha value is -2.62. The molecule has 1 amide bonds. The lowest BCUT2D eigenvalue weighted by Crippen LogP contribution is -2.13. The van der Waals surface area contributed by atoms with Crippen molar-refractivity contribution < 1.29 is 14.7 Å². The van der Waals surface area contributed by atoms with Crippen molar-refractivity contribution in [2.45, 2.75) is 32.6 Å². The number of hydrogen-bond donors (Lipinski definition) is 2. The molecule has 0 aliphatic carbocycles. The monoisotopic (exact) mass is 311 g/mol. The van der Waals surface area contributed by atoms with Crippen molar-refractivity contribution in [3.8, 4) is 0 Å². The number of hydrogen-bond acceptors (Lipinski definition) is 2. The molecule has 2 aromatic carbocycles. The van der Waals surface area contributed by atoms with E-state index in [-0.39, 0.29) is 5.91 Å². The number of nitrogens with one attached hydrogen (secondary N) is 1. The molecule has 0 heterocycles. The summed E-state index contributed by atoms with van der Waals surface area (Å²) < 4.78 is 0. The predicted molar refractivity (Wildman–Crippen MR) is 90.6 cm³/mol. The Morgan fingerprint density at radius 1 is 1.13 bits per heavy atom. The summed E-state index contributed by atoms with van der Waals surface area (Å²) in [5.74, 6) is -1.56.